The van der Waals surface area contributed by atoms with Crippen LogP contribution in [-0.4, -0.2) is 26.0 Å². The van der Waals surface area contributed by atoms with Crippen LogP contribution in [0.4, 0.5) is 4.39 Å². The van der Waals surface area contributed by atoms with Crippen LogP contribution in [0.2, 0.25) is 0 Å². The molecule has 3 N–H and O–H groups in total. The molecular weight excluding hydrogens is 275 g/mol. The Morgan fingerprint density at radius 1 is 1.50 bits per heavy atom. The number of thioether (sulfide) groups is 1. The van der Waals surface area contributed by atoms with E-state index in [4.69, 9.17) is 5.73 Å². The molecule has 1 unspecified atom stereocenters. The van der Waals surface area contributed by atoms with Crippen molar-refractivity contribution < 1.29 is 12.8 Å². The van der Waals surface area contributed by atoms with E-state index in [-0.39, 0.29) is 17.5 Å². The number of hydrogen-bond acceptors (Lipinski definition) is 4. The van der Waals surface area contributed by atoms with Crippen molar-refractivity contribution in [2.24, 2.45) is 5.73 Å². The monoisotopic (exact) mass is 290 g/mol. The fraction of sp³-hybridized carbons (Fsp3) is 0.455. The van der Waals surface area contributed by atoms with Gasteiger partial charge < -0.3 is 5.73 Å². The van der Waals surface area contributed by atoms with Crippen molar-refractivity contribution in [1.29, 1.82) is 0 Å². The van der Waals surface area contributed by atoms with Gasteiger partial charge in [-0.15, -0.1) is 0 Å². The molecule has 0 aliphatic carbocycles. The predicted octanol–water partition coefficient (Wildman–Crippen LogP) is 1.07. The van der Waals surface area contributed by atoms with Gasteiger partial charge in [0.1, 0.15) is 5.82 Å². The van der Waals surface area contributed by atoms with Gasteiger partial charge in [0, 0.05) is 18.3 Å². The second-order valence-corrected chi connectivity index (χ2v) is 6.97. The summed E-state index contributed by atoms with van der Waals surface area (Å²) in [5, 5.41) is 0. The van der Waals surface area contributed by atoms with Crippen molar-refractivity contribution in [2.75, 3.05) is 11.5 Å². The maximum atomic E-state index is 13.2. The molecule has 1 heterocycles. The Hall–Kier alpha value is -0.630. The number of benzene rings is 1. The maximum Gasteiger partial charge on any atom is 0.241 e. The third-order valence-corrected chi connectivity index (χ3v) is 5.56. The lowest BCUT2D eigenvalue weighted by Gasteiger charge is -2.14. The van der Waals surface area contributed by atoms with Crippen LogP contribution >= 0.6 is 11.8 Å². The van der Waals surface area contributed by atoms with Gasteiger partial charge in [-0.1, -0.05) is 6.07 Å². The molecule has 7 heteroatoms. The van der Waals surface area contributed by atoms with Gasteiger partial charge in [-0.2, -0.15) is 11.8 Å². The molecule has 0 saturated carbocycles. The quantitative estimate of drug-likeness (QED) is 0.870. The Bertz CT molecular complexity index is 528. The van der Waals surface area contributed by atoms with Crippen LogP contribution in [0.1, 0.15) is 12.0 Å². The van der Waals surface area contributed by atoms with Gasteiger partial charge in [-0.05, 0) is 29.9 Å². The van der Waals surface area contributed by atoms with Crippen LogP contribution in [-0.2, 0) is 16.6 Å². The number of halogens is 1. The Labute approximate surface area is 110 Å². The Kier molecular flexibility index (Phi) is 4.26. The fourth-order valence-electron chi connectivity index (χ4n) is 1.86. The van der Waals surface area contributed by atoms with E-state index >= 15 is 0 Å². The van der Waals surface area contributed by atoms with Crippen molar-refractivity contribution in [3.8, 4) is 0 Å². The molecule has 1 aliphatic rings. The van der Waals surface area contributed by atoms with Crippen molar-refractivity contribution in [2.45, 2.75) is 23.9 Å². The molecule has 2 rings (SSSR count). The third kappa shape index (κ3) is 3.03. The van der Waals surface area contributed by atoms with Crippen LogP contribution in [0.5, 0.6) is 0 Å². The van der Waals surface area contributed by atoms with Crippen molar-refractivity contribution in [1.82, 2.24) is 4.72 Å². The van der Waals surface area contributed by atoms with E-state index < -0.39 is 15.8 Å². The van der Waals surface area contributed by atoms with E-state index in [0.29, 0.717) is 5.56 Å². The zero-order valence-corrected chi connectivity index (χ0v) is 11.4. The summed E-state index contributed by atoms with van der Waals surface area (Å²) in [5.41, 5.74) is 5.91. The summed E-state index contributed by atoms with van der Waals surface area (Å²) in [7, 11) is -3.69. The fourth-order valence-corrected chi connectivity index (χ4v) is 4.65. The number of sulfonamides is 1. The van der Waals surface area contributed by atoms with Gasteiger partial charge in [0.05, 0.1) is 4.90 Å². The van der Waals surface area contributed by atoms with Crippen molar-refractivity contribution >= 4 is 21.8 Å². The number of nitrogens with two attached hydrogens (primary N) is 1. The van der Waals surface area contributed by atoms with E-state index in [9.17, 15) is 12.8 Å². The minimum absolute atomic E-state index is 0.0538. The Morgan fingerprint density at radius 3 is 2.89 bits per heavy atom. The van der Waals surface area contributed by atoms with Crippen LogP contribution in [0.25, 0.3) is 0 Å². The average molecular weight is 290 g/mol. The second kappa shape index (κ2) is 5.56. The van der Waals surface area contributed by atoms with Gasteiger partial charge in [0.2, 0.25) is 10.0 Å². The summed E-state index contributed by atoms with van der Waals surface area (Å²) in [6, 6.07) is 3.57. The molecule has 0 spiro atoms. The largest absolute Gasteiger partial charge is 0.326 e. The van der Waals surface area contributed by atoms with Gasteiger partial charge in [-0.25, -0.2) is 17.5 Å². The first-order valence-electron chi connectivity index (χ1n) is 5.61. The minimum atomic E-state index is -3.69. The smallest absolute Gasteiger partial charge is 0.241 e. The molecule has 0 amide bonds. The van der Waals surface area contributed by atoms with E-state index in [0.717, 1.165) is 24.0 Å². The molecule has 1 atom stereocenters. The summed E-state index contributed by atoms with van der Waals surface area (Å²) in [6.45, 7) is 0.0654. The first-order valence-corrected chi connectivity index (χ1v) is 8.25. The lowest BCUT2D eigenvalue weighted by Crippen LogP contribution is -2.35. The highest BCUT2D eigenvalue weighted by Crippen LogP contribution is 2.21. The van der Waals surface area contributed by atoms with E-state index in [1.807, 2.05) is 0 Å². The molecule has 0 radical (unpaired) electrons. The highest BCUT2D eigenvalue weighted by atomic mass is 32.2. The van der Waals surface area contributed by atoms with E-state index in [1.54, 1.807) is 11.8 Å². The van der Waals surface area contributed by atoms with Crippen LogP contribution < -0.4 is 10.5 Å². The maximum absolute atomic E-state index is 13.2. The summed E-state index contributed by atoms with van der Waals surface area (Å²) < 4.78 is 40.1. The van der Waals surface area contributed by atoms with Gasteiger partial charge in [-0.3, -0.25) is 0 Å². The molecule has 1 saturated heterocycles. The molecule has 4 nitrogen and oxygen atoms in total. The third-order valence-electron chi connectivity index (χ3n) is 2.79. The summed E-state index contributed by atoms with van der Waals surface area (Å²) in [6.07, 6.45) is 0.803. The molecule has 0 bridgehead atoms. The molecule has 1 aromatic rings. The van der Waals surface area contributed by atoms with Gasteiger partial charge in [0.15, 0.2) is 0 Å². The van der Waals surface area contributed by atoms with Crippen LogP contribution in [0, 0.1) is 5.82 Å². The van der Waals surface area contributed by atoms with Crippen LogP contribution in [0.15, 0.2) is 23.1 Å². The standard InChI is InChI=1S/C11H15FN2O2S2/c12-9-2-1-8(6-13)11(5-9)18(15,16)14-10-3-4-17-7-10/h1-2,5,10,14H,3-4,6-7,13H2. The first-order chi connectivity index (χ1) is 8.53. The number of nitrogens with one attached hydrogen (secondary N) is 1. The summed E-state index contributed by atoms with van der Waals surface area (Å²) >= 11 is 1.71. The van der Waals surface area contributed by atoms with E-state index in [1.165, 1.54) is 12.1 Å². The number of rotatable bonds is 4. The SMILES string of the molecule is NCc1ccc(F)cc1S(=O)(=O)NC1CCSC1. The Morgan fingerprint density at radius 2 is 2.28 bits per heavy atom. The average Bonchev–Trinajstić information content (AvgIpc) is 2.81. The predicted molar refractivity (Wildman–Crippen MR) is 70.3 cm³/mol. The van der Waals surface area contributed by atoms with Gasteiger partial charge >= 0.3 is 0 Å². The topological polar surface area (TPSA) is 72.2 Å². The zero-order valence-electron chi connectivity index (χ0n) is 9.73. The highest BCUT2D eigenvalue weighted by molar-refractivity contribution is 7.99. The number of hydrogen-bond donors (Lipinski definition) is 2. The van der Waals surface area contributed by atoms with Gasteiger partial charge in [0.25, 0.3) is 0 Å². The first kappa shape index (κ1) is 13.8. The Balaban J connectivity index is 2.30. The minimum Gasteiger partial charge on any atom is -0.326 e. The second-order valence-electron chi connectivity index (χ2n) is 4.14. The highest BCUT2D eigenvalue weighted by Gasteiger charge is 2.25. The normalized spacial score (nSPS) is 20.2. The van der Waals surface area contributed by atoms with Crippen molar-refractivity contribution in [3.63, 3.8) is 0 Å². The zero-order chi connectivity index (χ0) is 13.2. The molecule has 1 fully saturated rings. The van der Waals surface area contributed by atoms with Crippen molar-refractivity contribution in [3.05, 3.63) is 29.6 Å². The molecule has 1 aromatic carbocycles. The molecule has 100 valence electrons. The summed E-state index contributed by atoms with van der Waals surface area (Å²) in [5.74, 6) is 1.13. The lowest BCUT2D eigenvalue weighted by atomic mass is 10.2. The van der Waals surface area contributed by atoms with Crippen LogP contribution in [0.3, 0.4) is 0 Å². The molecule has 0 aromatic heterocycles. The lowest BCUT2D eigenvalue weighted by molar-refractivity contribution is 0.559. The molecule has 1 aliphatic heterocycles. The van der Waals surface area contributed by atoms with E-state index in [2.05, 4.69) is 4.72 Å². The summed E-state index contributed by atoms with van der Waals surface area (Å²) in [4.78, 5) is -0.0538. The molecule has 18 heavy (non-hydrogen) atoms. The molecular formula is C11H15FN2O2S2.